The number of hydrogen-bond acceptors (Lipinski definition) is 2. The molecule has 0 radical (unpaired) electrons. The highest BCUT2D eigenvalue weighted by Crippen LogP contribution is 2.22. The van der Waals surface area contributed by atoms with Gasteiger partial charge in [-0.2, -0.15) is 0 Å². The summed E-state index contributed by atoms with van der Waals surface area (Å²) in [4.78, 5) is 7.64. The molecule has 1 aromatic heterocycles. The van der Waals surface area contributed by atoms with Gasteiger partial charge in [0.1, 0.15) is 5.82 Å². The number of aryl methyl sites for hydroxylation is 1. The van der Waals surface area contributed by atoms with Gasteiger partial charge in [0, 0.05) is 5.54 Å². The minimum atomic E-state index is -0.00674. The number of imidazole rings is 1. The van der Waals surface area contributed by atoms with Gasteiger partial charge in [-0.1, -0.05) is 6.07 Å². The summed E-state index contributed by atoms with van der Waals surface area (Å²) >= 11 is 0. The molecule has 0 spiro atoms. The predicted octanol–water partition coefficient (Wildman–Crippen LogP) is 2.33. The van der Waals surface area contributed by atoms with Gasteiger partial charge in [0.2, 0.25) is 0 Å². The fourth-order valence-corrected chi connectivity index (χ4v) is 1.67. The maximum atomic E-state index is 4.39. The highest BCUT2D eigenvalue weighted by Gasteiger charge is 2.18. The van der Waals surface area contributed by atoms with Crippen molar-refractivity contribution in [3.63, 3.8) is 0 Å². The molecule has 3 heteroatoms. The monoisotopic (exact) mass is 203 g/mol. The van der Waals surface area contributed by atoms with Crippen LogP contribution in [0.1, 0.15) is 25.2 Å². The average Bonchev–Trinajstić information content (AvgIpc) is 2.56. The standard InChI is InChI=1S/C12H17N3/c1-8-14-10-6-5-9(7-11(10)15-8)12(2,3)13-4/h5-7,13H,1-4H3,(H,14,15). The first-order valence-corrected chi connectivity index (χ1v) is 5.19. The Labute approximate surface area is 89.9 Å². The Morgan fingerprint density at radius 2 is 2.07 bits per heavy atom. The fraction of sp³-hybridized carbons (Fsp3) is 0.417. The summed E-state index contributed by atoms with van der Waals surface area (Å²) in [6.45, 7) is 6.30. The van der Waals surface area contributed by atoms with Crippen LogP contribution in [0.4, 0.5) is 0 Å². The smallest absolute Gasteiger partial charge is 0.104 e. The van der Waals surface area contributed by atoms with Crippen LogP contribution in [0, 0.1) is 6.92 Å². The number of nitrogens with zero attached hydrogens (tertiary/aromatic N) is 1. The van der Waals surface area contributed by atoms with Gasteiger partial charge in [-0.05, 0) is 45.5 Å². The molecule has 0 saturated carbocycles. The second-order valence-electron chi connectivity index (χ2n) is 4.43. The third kappa shape index (κ3) is 1.75. The van der Waals surface area contributed by atoms with Crippen LogP contribution in [0.15, 0.2) is 18.2 Å². The van der Waals surface area contributed by atoms with Crippen molar-refractivity contribution in [2.75, 3.05) is 7.05 Å². The molecule has 0 amide bonds. The lowest BCUT2D eigenvalue weighted by atomic mass is 9.94. The Morgan fingerprint density at radius 3 is 2.73 bits per heavy atom. The molecule has 2 aromatic rings. The lowest BCUT2D eigenvalue weighted by molar-refractivity contribution is 0.445. The molecule has 0 unspecified atom stereocenters. The van der Waals surface area contributed by atoms with Crippen molar-refractivity contribution in [3.8, 4) is 0 Å². The number of H-pyrrole nitrogens is 1. The molecule has 0 fully saturated rings. The summed E-state index contributed by atoms with van der Waals surface area (Å²) in [5.74, 6) is 0.962. The van der Waals surface area contributed by atoms with E-state index in [1.807, 2.05) is 14.0 Å². The van der Waals surface area contributed by atoms with Crippen molar-refractivity contribution >= 4 is 11.0 Å². The summed E-state index contributed by atoms with van der Waals surface area (Å²) in [6, 6.07) is 6.35. The van der Waals surface area contributed by atoms with Crippen molar-refractivity contribution in [3.05, 3.63) is 29.6 Å². The van der Waals surface area contributed by atoms with E-state index in [1.54, 1.807) is 0 Å². The second kappa shape index (κ2) is 3.35. The first-order valence-electron chi connectivity index (χ1n) is 5.19. The molecular weight excluding hydrogens is 186 g/mol. The molecule has 0 aliphatic carbocycles. The summed E-state index contributed by atoms with van der Waals surface area (Å²) < 4.78 is 0. The maximum Gasteiger partial charge on any atom is 0.104 e. The molecule has 0 aliphatic heterocycles. The summed E-state index contributed by atoms with van der Waals surface area (Å²) in [7, 11) is 1.97. The van der Waals surface area contributed by atoms with Gasteiger partial charge in [0.25, 0.3) is 0 Å². The van der Waals surface area contributed by atoms with Crippen molar-refractivity contribution in [1.29, 1.82) is 0 Å². The van der Waals surface area contributed by atoms with Gasteiger partial charge in [0.05, 0.1) is 11.0 Å². The van der Waals surface area contributed by atoms with Crippen LogP contribution >= 0.6 is 0 Å². The molecule has 0 bridgehead atoms. The van der Waals surface area contributed by atoms with Crippen LogP contribution < -0.4 is 5.32 Å². The van der Waals surface area contributed by atoms with Crippen molar-refractivity contribution in [2.45, 2.75) is 26.3 Å². The number of aromatic nitrogens is 2. The van der Waals surface area contributed by atoms with Crippen LogP contribution in [0.25, 0.3) is 11.0 Å². The van der Waals surface area contributed by atoms with Crippen molar-refractivity contribution in [2.24, 2.45) is 0 Å². The molecule has 1 aromatic carbocycles. The van der Waals surface area contributed by atoms with Crippen LogP contribution in [0.2, 0.25) is 0 Å². The quantitative estimate of drug-likeness (QED) is 0.786. The molecule has 0 atom stereocenters. The zero-order valence-electron chi connectivity index (χ0n) is 9.68. The first kappa shape index (κ1) is 10.2. The number of nitrogens with one attached hydrogen (secondary N) is 2. The lowest BCUT2D eigenvalue weighted by Crippen LogP contribution is -2.32. The Kier molecular flexibility index (Phi) is 2.27. The average molecular weight is 203 g/mol. The fourth-order valence-electron chi connectivity index (χ4n) is 1.67. The number of hydrogen-bond donors (Lipinski definition) is 2. The van der Waals surface area contributed by atoms with E-state index in [0.29, 0.717) is 0 Å². The third-order valence-electron chi connectivity index (χ3n) is 2.95. The van der Waals surface area contributed by atoms with Crippen LogP contribution in [0.3, 0.4) is 0 Å². The van der Waals surface area contributed by atoms with E-state index < -0.39 is 0 Å². The Morgan fingerprint density at radius 1 is 1.33 bits per heavy atom. The minimum Gasteiger partial charge on any atom is -0.342 e. The van der Waals surface area contributed by atoms with E-state index in [1.165, 1.54) is 5.56 Å². The molecule has 0 saturated heterocycles. The molecule has 1 heterocycles. The SMILES string of the molecule is CNC(C)(C)c1ccc2nc(C)[nH]c2c1. The zero-order chi connectivity index (χ0) is 11.1. The largest absolute Gasteiger partial charge is 0.342 e. The Hall–Kier alpha value is -1.35. The Bertz CT molecular complexity index is 483. The highest BCUT2D eigenvalue weighted by atomic mass is 14.9. The molecular formula is C12H17N3. The van der Waals surface area contributed by atoms with Gasteiger partial charge in [-0.15, -0.1) is 0 Å². The van der Waals surface area contributed by atoms with Crippen molar-refractivity contribution in [1.82, 2.24) is 15.3 Å². The Balaban J connectivity index is 2.55. The molecule has 0 aliphatic rings. The second-order valence-corrected chi connectivity index (χ2v) is 4.43. The zero-order valence-corrected chi connectivity index (χ0v) is 9.68. The molecule has 2 N–H and O–H groups in total. The van der Waals surface area contributed by atoms with Crippen LogP contribution in [-0.4, -0.2) is 17.0 Å². The van der Waals surface area contributed by atoms with Gasteiger partial charge >= 0.3 is 0 Å². The maximum absolute atomic E-state index is 4.39. The van der Waals surface area contributed by atoms with Gasteiger partial charge in [-0.25, -0.2) is 4.98 Å². The van der Waals surface area contributed by atoms with Crippen LogP contribution in [0.5, 0.6) is 0 Å². The first-order chi connectivity index (χ1) is 7.03. The van der Waals surface area contributed by atoms with Gasteiger partial charge < -0.3 is 10.3 Å². The lowest BCUT2D eigenvalue weighted by Gasteiger charge is -2.24. The number of rotatable bonds is 2. The predicted molar refractivity (Wildman–Crippen MR) is 62.9 cm³/mol. The summed E-state index contributed by atoms with van der Waals surface area (Å²) in [5.41, 5.74) is 3.39. The van der Waals surface area contributed by atoms with Gasteiger partial charge in [-0.3, -0.25) is 0 Å². The van der Waals surface area contributed by atoms with E-state index in [9.17, 15) is 0 Å². The molecule has 2 rings (SSSR count). The normalized spacial score (nSPS) is 12.3. The number of benzene rings is 1. The van der Waals surface area contributed by atoms with Crippen LogP contribution in [-0.2, 0) is 5.54 Å². The van der Waals surface area contributed by atoms with E-state index in [0.717, 1.165) is 16.9 Å². The van der Waals surface area contributed by atoms with E-state index in [4.69, 9.17) is 0 Å². The summed E-state index contributed by atoms with van der Waals surface area (Å²) in [5, 5.41) is 3.29. The van der Waals surface area contributed by atoms with Gasteiger partial charge in [0.15, 0.2) is 0 Å². The number of aromatic amines is 1. The minimum absolute atomic E-state index is 0.00674. The molecule has 3 nitrogen and oxygen atoms in total. The van der Waals surface area contributed by atoms with Crippen molar-refractivity contribution < 1.29 is 0 Å². The topological polar surface area (TPSA) is 40.7 Å². The van der Waals surface area contributed by atoms with E-state index in [2.05, 4.69) is 47.3 Å². The van der Waals surface area contributed by atoms with E-state index in [-0.39, 0.29) is 5.54 Å². The molecule has 15 heavy (non-hydrogen) atoms. The molecule has 80 valence electrons. The third-order valence-corrected chi connectivity index (χ3v) is 2.95. The number of fused-ring (bicyclic) bond motifs is 1. The summed E-state index contributed by atoms with van der Waals surface area (Å²) in [6.07, 6.45) is 0. The highest BCUT2D eigenvalue weighted by molar-refractivity contribution is 5.76. The van der Waals surface area contributed by atoms with E-state index >= 15 is 0 Å².